The van der Waals surface area contributed by atoms with E-state index in [4.69, 9.17) is 0 Å². The van der Waals surface area contributed by atoms with Gasteiger partial charge in [-0.05, 0) is 53.4 Å². The van der Waals surface area contributed by atoms with Gasteiger partial charge in [-0.1, -0.05) is 62.4 Å². The summed E-state index contributed by atoms with van der Waals surface area (Å²) in [4.78, 5) is 0. The van der Waals surface area contributed by atoms with Crippen molar-refractivity contribution < 1.29 is 0 Å². The Morgan fingerprint density at radius 1 is 0.737 bits per heavy atom. The van der Waals surface area contributed by atoms with E-state index in [-0.39, 0.29) is 0 Å². The highest BCUT2D eigenvalue weighted by Crippen LogP contribution is 2.29. The molecule has 0 spiro atoms. The highest BCUT2D eigenvalue weighted by Gasteiger charge is 2.17. The van der Waals surface area contributed by atoms with Crippen LogP contribution in [0.3, 0.4) is 0 Å². The first-order valence-electron chi connectivity index (χ1n) is 7.39. The molecule has 0 N–H and O–H groups in total. The molecule has 1 unspecified atom stereocenters. The van der Waals surface area contributed by atoms with Gasteiger partial charge in [-0.25, -0.2) is 0 Å². The maximum absolute atomic E-state index is 2.34. The molecule has 0 nitrogen and oxygen atoms in total. The summed E-state index contributed by atoms with van der Waals surface area (Å²) in [5.74, 6) is 1.30. The molecule has 98 valence electrons. The van der Waals surface area contributed by atoms with Crippen LogP contribution in [-0.4, -0.2) is 0 Å². The van der Waals surface area contributed by atoms with Crippen molar-refractivity contribution in [1.82, 2.24) is 0 Å². The van der Waals surface area contributed by atoms with Crippen LogP contribution in [0.5, 0.6) is 0 Å². The fourth-order valence-electron chi connectivity index (χ4n) is 3.05. The van der Waals surface area contributed by atoms with E-state index < -0.39 is 0 Å². The lowest BCUT2D eigenvalue weighted by molar-refractivity contribution is 0.495. The Labute approximate surface area is 116 Å². The van der Waals surface area contributed by atoms with Crippen LogP contribution in [0.1, 0.15) is 42.0 Å². The number of aryl methyl sites for hydroxylation is 2. The van der Waals surface area contributed by atoms with Crippen molar-refractivity contribution in [3.8, 4) is 0 Å². The van der Waals surface area contributed by atoms with Crippen LogP contribution in [0.2, 0.25) is 0 Å². The van der Waals surface area contributed by atoms with Gasteiger partial charge in [0.2, 0.25) is 0 Å². The quantitative estimate of drug-likeness (QED) is 0.684. The monoisotopic (exact) mass is 250 g/mol. The smallest absolute Gasteiger partial charge is 0.00984 e. The predicted octanol–water partition coefficient (Wildman–Crippen LogP) is 4.77. The zero-order valence-corrected chi connectivity index (χ0v) is 11.9. The van der Waals surface area contributed by atoms with E-state index in [0.29, 0.717) is 11.8 Å². The van der Waals surface area contributed by atoms with Crippen molar-refractivity contribution in [3.63, 3.8) is 0 Å². The Kier molecular flexibility index (Phi) is 3.42. The second kappa shape index (κ2) is 5.21. The first kappa shape index (κ1) is 12.5. The molecular weight excluding hydrogens is 228 g/mol. The van der Waals surface area contributed by atoms with Gasteiger partial charge in [0.05, 0.1) is 0 Å². The average molecular weight is 250 g/mol. The predicted molar refractivity (Wildman–Crippen MR) is 81.6 cm³/mol. The minimum Gasteiger partial charge on any atom is -0.0622 e. The molecular formula is C19H22. The van der Waals surface area contributed by atoms with Gasteiger partial charge in [0.15, 0.2) is 0 Å². The molecule has 0 heteroatoms. The van der Waals surface area contributed by atoms with E-state index in [2.05, 4.69) is 62.4 Å². The Balaban J connectivity index is 2.03. The van der Waals surface area contributed by atoms with E-state index in [9.17, 15) is 0 Å². The fourth-order valence-corrected chi connectivity index (χ4v) is 3.05. The summed E-state index contributed by atoms with van der Waals surface area (Å²) in [6, 6.07) is 18.6. The van der Waals surface area contributed by atoms with Crippen molar-refractivity contribution in [2.45, 2.75) is 39.0 Å². The van der Waals surface area contributed by atoms with Crippen molar-refractivity contribution >= 4 is 0 Å². The molecule has 0 heterocycles. The maximum atomic E-state index is 2.34. The van der Waals surface area contributed by atoms with Crippen molar-refractivity contribution in [2.75, 3.05) is 0 Å². The lowest BCUT2D eigenvalue weighted by atomic mass is 9.82. The Bertz CT molecular complexity index is 531. The summed E-state index contributed by atoms with van der Waals surface area (Å²) in [5.41, 5.74) is 5.86. The van der Waals surface area contributed by atoms with Crippen LogP contribution < -0.4 is 0 Å². The van der Waals surface area contributed by atoms with Gasteiger partial charge in [0.25, 0.3) is 0 Å². The molecule has 4 aliphatic rings. The highest BCUT2D eigenvalue weighted by molar-refractivity contribution is 5.31. The lowest BCUT2D eigenvalue weighted by Crippen LogP contribution is -2.11. The van der Waals surface area contributed by atoms with Crippen molar-refractivity contribution in [1.29, 1.82) is 0 Å². The molecule has 0 saturated heterocycles. The van der Waals surface area contributed by atoms with Crippen LogP contribution in [0, 0.1) is 5.92 Å². The maximum Gasteiger partial charge on any atom is -0.00984 e. The number of hydrogen-bond acceptors (Lipinski definition) is 0. The van der Waals surface area contributed by atoms with Crippen LogP contribution in [0.15, 0.2) is 48.5 Å². The third-order valence-corrected chi connectivity index (χ3v) is 4.39. The molecule has 0 aliphatic heterocycles. The molecule has 0 saturated carbocycles. The molecule has 0 fully saturated rings. The summed E-state index contributed by atoms with van der Waals surface area (Å²) in [7, 11) is 0. The molecule has 0 amide bonds. The van der Waals surface area contributed by atoms with Crippen LogP contribution >= 0.6 is 0 Å². The molecule has 19 heavy (non-hydrogen) atoms. The standard InChI is InChI=1S/C19H22/c1-14(2)19-13-17-7-5-15(6-8-17)3-4-16-9-11-18(19)12-10-16/h5-12,14,19H,3-4,13H2,1-2H3. The zero-order valence-electron chi connectivity index (χ0n) is 11.9. The van der Waals surface area contributed by atoms with Gasteiger partial charge < -0.3 is 0 Å². The third-order valence-electron chi connectivity index (χ3n) is 4.39. The van der Waals surface area contributed by atoms with E-state index in [1.165, 1.54) is 22.3 Å². The van der Waals surface area contributed by atoms with Crippen LogP contribution in [0.25, 0.3) is 0 Å². The SMILES string of the molecule is CC(C)C1Cc2ccc(cc2)CCc2ccc1cc2. The Morgan fingerprint density at radius 3 is 1.74 bits per heavy atom. The van der Waals surface area contributed by atoms with Crippen LogP contribution in [0.4, 0.5) is 0 Å². The summed E-state index contributed by atoms with van der Waals surface area (Å²) >= 11 is 0. The second-order valence-corrected chi connectivity index (χ2v) is 6.11. The minimum absolute atomic E-state index is 0.624. The van der Waals surface area contributed by atoms with Crippen molar-refractivity contribution in [3.05, 3.63) is 70.8 Å². The van der Waals surface area contributed by atoms with E-state index >= 15 is 0 Å². The first-order chi connectivity index (χ1) is 9.22. The van der Waals surface area contributed by atoms with Gasteiger partial charge in [0.1, 0.15) is 0 Å². The van der Waals surface area contributed by atoms with E-state index in [1.807, 2.05) is 0 Å². The largest absolute Gasteiger partial charge is 0.0622 e. The number of benzene rings is 2. The Hall–Kier alpha value is -1.56. The van der Waals surface area contributed by atoms with Crippen LogP contribution in [-0.2, 0) is 19.3 Å². The van der Waals surface area contributed by atoms with Crippen molar-refractivity contribution in [2.24, 2.45) is 5.92 Å². The summed E-state index contributed by atoms with van der Waals surface area (Å²) in [5, 5.41) is 0. The van der Waals surface area contributed by atoms with Gasteiger partial charge in [-0.3, -0.25) is 0 Å². The Morgan fingerprint density at radius 2 is 1.21 bits per heavy atom. The fraction of sp³-hybridized carbons (Fsp3) is 0.368. The normalized spacial score (nSPS) is 18.4. The molecule has 2 aromatic carbocycles. The molecule has 4 aliphatic carbocycles. The molecule has 0 radical (unpaired) electrons. The van der Waals surface area contributed by atoms with Gasteiger partial charge in [0, 0.05) is 0 Å². The van der Waals surface area contributed by atoms with Gasteiger partial charge in [-0.15, -0.1) is 0 Å². The second-order valence-electron chi connectivity index (χ2n) is 6.11. The summed E-state index contributed by atoms with van der Waals surface area (Å²) < 4.78 is 0. The van der Waals surface area contributed by atoms with Gasteiger partial charge >= 0.3 is 0 Å². The third kappa shape index (κ3) is 2.73. The van der Waals surface area contributed by atoms with E-state index in [1.54, 1.807) is 0 Å². The van der Waals surface area contributed by atoms with E-state index in [0.717, 1.165) is 19.3 Å². The lowest BCUT2D eigenvalue weighted by Gasteiger charge is -2.22. The first-order valence-corrected chi connectivity index (χ1v) is 7.39. The topological polar surface area (TPSA) is 0 Å². The highest BCUT2D eigenvalue weighted by atomic mass is 14.2. The molecule has 0 aromatic heterocycles. The van der Waals surface area contributed by atoms with Gasteiger partial charge in [-0.2, -0.15) is 0 Å². The summed E-state index contributed by atoms with van der Waals surface area (Å²) in [6.45, 7) is 4.66. The summed E-state index contributed by atoms with van der Waals surface area (Å²) in [6.07, 6.45) is 3.44. The minimum atomic E-state index is 0.624. The zero-order chi connectivity index (χ0) is 13.2. The molecule has 2 aromatic rings. The number of rotatable bonds is 1. The molecule has 1 atom stereocenters. The average Bonchev–Trinajstić information content (AvgIpc) is 2.42. The number of hydrogen-bond donors (Lipinski definition) is 0. The molecule has 4 bridgehead atoms. The molecule has 6 rings (SSSR count).